The van der Waals surface area contributed by atoms with Crippen LogP contribution in [0.3, 0.4) is 0 Å². The highest BCUT2D eigenvalue weighted by Gasteiger charge is 2.26. The van der Waals surface area contributed by atoms with Gasteiger partial charge in [-0.3, -0.25) is 4.57 Å². The summed E-state index contributed by atoms with van der Waals surface area (Å²) in [5.74, 6) is 0. The smallest absolute Gasteiger partial charge is 0.321 e. The van der Waals surface area contributed by atoms with Gasteiger partial charge < -0.3 is 4.90 Å². The molecule has 1 amide bonds. The minimum atomic E-state index is -3.65. The van der Waals surface area contributed by atoms with Crippen molar-refractivity contribution in [2.45, 2.75) is 0 Å². The summed E-state index contributed by atoms with van der Waals surface area (Å²) in [6.07, 6.45) is 4.47. The third-order valence-electron chi connectivity index (χ3n) is 2.59. The van der Waals surface area contributed by atoms with Crippen LogP contribution in [0.25, 0.3) is 0 Å². The molecule has 1 aliphatic heterocycles. The zero-order valence-corrected chi connectivity index (χ0v) is 9.88. The van der Waals surface area contributed by atoms with Crippen molar-refractivity contribution in [2.75, 3.05) is 26.2 Å². The van der Waals surface area contributed by atoms with Crippen LogP contribution in [-0.4, -0.2) is 59.4 Å². The lowest BCUT2D eigenvalue weighted by atomic mass is 10.4. The van der Waals surface area contributed by atoms with E-state index in [2.05, 4.69) is 4.98 Å². The lowest BCUT2D eigenvalue weighted by Crippen LogP contribution is -2.52. The Morgan fingerprint density at radius 3 is 2.35 bits per heavy atom. The maximum Gasteiger partial charge on any atom is 0.329 e. The molecule has 0 unspecified atom stereocenters. The number of carbonyl (C=O) groups excluding carboxylic acids is 1. The van der Waals surface area contributed by atoms with Crippen LogP contribution < -0.4 is 5.14 Å². The van der Waals surface area contributed by atoms with Crippen molar-refractivity contribution in [3.63, 3.8) is 0 Å². The van der Waals surface area contributed by atoms with Gasteiger partial charge >= 0.3 is 6.03 Å². The topological polar surface area (TPSA) is 102 Å². The highest BCUT2D eigenvalue weighted by Crippen LogP contribution is 2.06. The van der Waals surface area contributed by atoms with Gasteiger partial charge in [0.2, 0.25) is 0 Å². The number of amides is 1. The van der Waals surface area contributed by atoms with Crippen LogP contribution in [0.2, 0.25) is 0 Å². The largest absolute Gasteiger partial charge is 0.329 e. The zero-order valence-electron chi connectivity index (χ0n) is 9.06. The molecule has 0 aromatic carbocycles. The van der Waals surface area contributed by atoms with Crippen molar-refractivity contribution >= 4 is 16.2 Å². The molecule has 0 atom stereocenters. The standard InChI is InChI=1S/C8H13N5O3S/c9-17(15,16)13-5-3-11(4-6-13)8(14)12-2-1-10-7-12/h1-2,7H,3-6H2,(H2,9,15,16). The van der Waals surface area contributed by atoms with Crippen molar-refractivity contribution in [3.8, 4) is 0 Å². The minimum absolute atomic E-state index is 0.212. The van der Waals surface area contributed by atoms with E-state index in [1.54, 1.807) is 11.1 Å². The van der Waals surface area contributed by atoms with E-state index in [4.69, 9.17) is 5.14 Å². The molecule has 2 heterocycles. The van der Waals surface area contributed by atoms with Crippen LogP contribution >= 0.6 is 0 Å². The summed E-state index contributed by atoms with van der Waals surface area (Å²) in [5.41, 5.74) is 0. The van der Waals surface area contributed by atoms with E-state index in [1.807, 2.05) is 0 Å². The van der Waals surface area contributed by atoms with Crippen molar-refractivity contribution in [1.29, 1.82) is 0 Å². The van der Waals surface area contributed by atoms with Gasteiger partial charge in [-0.1, -0.05) is 0 Å². The summed E-state index contributed by atoms with van der Waals surface area (Å²) in [6.45, 7) is 1.10. The molecule has 0 bridgehead atoms. The van der Waals surface area contributed by atoms with Crippen LogP contribution in [0, 0.1) is 0 Å². The van der Waals surface area contributed by atoms with Crippen molar-refractivity contribution in [3.05, 3.63) is 18.7 Å². The first-order chi connectivity index (χ1) is 7.98. The van der Waals surface area contributed by atoms with Crippen LogP contribution in [0.1, 0.15) is 0 Å². The van der Waals surface area contributed by atoms with E-state index in [9.17, 15) is 13.2 Å². The molecule has 94 valence electrons. The lowest BCUT2D eigenvalue weighted by Gasteiger charge is -2.32. The molecule has 2 N–H and O–H groups in total. The van der Waals surface area contributed by atoms with E-state index < -0.39 is 10.2 Å². The fraction of sp³-hybridized carbons (Fsp3) is 0.500. The summed E-state index contributed by atoms with van der Waals surface area (Å²) in [4.78, 5) is 17.2. The van der Waals surface area contributed by atoms with Crippen LogP contribution in [0.5, 0.6) is 0 Å². The Bertz CT molecular complexity index is 489. The Labute approximate surface area is 98.8 Å². The molecule has 0 saturated carbocycles. The Kier molecular flexibility index (Phi) is 3.13. The maximum absolute atomic E-state index is 11.9. The van der Waals surface area contributed by atoms with Gasteiger partial charge in [-0.2, -0.15) is 12.7 Å². The molecule has 0 spiro atoms. The number of piperazine rings is 1. The molecular formula is C8H13N5O3S. The number of rotatable bonds is 1. The fourth-order valence-electron chi connectivity index (χ4n) is 1.67. The van der Waals surface area contributed by atoms with Gasteiger partial charge in [0.25, 0.3) is 10.2 Å². The van der Waals surface area contributed by atoms with Gasteiger partial charge in [0.05, 0.1) is 0 Å². The molecule has 1 fully saturated rings. The second-order valence-corrected chi connectivity index (χ2v) is 5.23. The lowest BCUT2D eigenvalue weighted by molar-refractivity contribution is 0.173. The number of hydrogen-bond donors (Lipinski definition) is 1. The number of nitrogens with zero attached hydrogens (tertiary/aromatic N) is 4. The molecule has 8 nitrogen and oxygen atoms in total. The molecular weight excluding hydrogens is 246 g/mol. The number of imidazole rings is 1. The SMILES string of the molecule is NS(=O)(=O)N1CCN(C(=O)n2ccnc2)CC1. The van der Waals surface area contributed by atoms with E-state index in [1.165, 1.54) is 17.1 Å². The summed E-state index contributed by atoms with van der Waals surface area (Å²) in [5, 5.41) is 5.01. The van der Waals surface area contributed by atoms with Crippen molar-refractivity contribution < 1.29 is 13.2 Å². The molecule has 1 aliphatic rings. The summed E-state index contributed by atoms with van der Waals surface area (Å²) in [7, 11) is -3.65. The van der Waals surface area contributed by atoms with E-state index >= 15 is 0 Å². The van der Waals surface area contributed by atoms with Gasteiger partial charge in [-0.25, -0.2) is 14.9 Å². The quantitative estimate of drug-likeness (QED) is 0.675. The highest BCUT2D eigenvalue weighted by atomic mass is 32.2. The first-order valence-corrected chi connectivity index (χ1v) is 6.54. The monoisotopic (exact) mass is 259 g/mol. The van der Waals surface area contributed by atoms with E-state index in [-0.39, 0.29) is 19.1 Å². The van der Waals surface area contributed by atoms with Crippen LogP contribution in [0.4, 0.5) is 4.79 Å². The van der Waals surface area contributed by atoms with Gasteiger partial charge in [0, 0.05) is 38.6 Å². The molecule has 0 aliphatic carbocycles. The van der Waals surface area contributed by atoms with Crippen molar-refractivity contribution in [2.24, 2.45) is 5.14 Å². The predicted molar refractivity (Wildman–Crippen MR) is 59.3 cm³/mol. The van der Waals surface area contributed by atoms with Gasteiger partial charge in [0.1, 0.15) is 6.33 Å². The summed E-state index contributed by atoms with van der Waals surface area (Å²) in [6, 6.07) is -0.212. The van der Waals surface area contributed by atoms with Gasteiger partial charge in [-0.15, -0.1) is 0 Å². The Morgan fingerprint density at radius 2 is 1.88 bits per heavy atom. The maximum atomic E-state index is 11.9. The Hall–Kier alpha value is -1.45. The Morgan fingerprint density at radius 1 is 1.24 bits per heavy atom. The van der Waals surface area contributed by atoms with E-state index in [0.717, 1.165) is 4.31 Å². The molecule has 9 heteroatoms. The second kappa shape index (κ2) is 4.43. The molecule has 17 heavy (non-hydrogen) atoms. The van der Waals surface area contributed by atoms with Gasteiger partial charge in [-0.05, 0) is 0 Å². The average Bonchev–Trinajstić information content (AvgIpc) is 2.80. The molecule has 1 saturated heterocycles. The number of hydrogen-bond acceptors (Lipinski definition) is 4. The molecule has 2 rings (SSSR count). The predicted octanol–water partition coefficient (Wildman–Crippen LogP) is -1.33. The number of carbonyl (C=O) groups is 1. The minimum Gasteiger partial charge on any atom is -0.321 e. The first-order valence-electron chi connectivity index (χ1n) is 5.03. The van der Waals surface area contributed by atoms with Crippen LogP contribution in [0.15, 0.2) is 18.7 Å². The summed E-state index contributed by atoms with van der Waals surface area (Å²) >= 11 is 0. The number of nitrogens with two attached hydrogens (primary N) is 1. The highest BCUT2D eigenvalue weighted by molar-refractivity contribution is 7.86. The summed E-state index contributed by atoms with van der Waals surface area (Å²) < 4.78 is 24.7. The Balaban J connectivity index is 1.98. The number of aromatic nitrogens is 2. The zero-order chi connectivity index (χ0) is 12.5. The first kappa shape index (κ1) is 12.0. The molecule has 0 radical (unpaired) electrons. The second-order valence-electron chi connectivity index (χ2n) is 3.68. The van der Waals surface area contributed by atoms with Gasteiger partial charge in [0.15, 0.2) is 0 Å². The third-order valence-corrected chi connectivity index (χ3v) is 3.68. The van der Waals surface area contributed by atoms with E-state index in [0.29, 0.717) is 13.1 Å². The van der Waals surface area contributed by atoms with Crippen molar-refractivity contribution in [1.82, 2.24) is 18.8 Å². The normalized spacial score (nSPS) is 18.3. The molecule has 1 aromatic heterocycles. The molecule has 1 aromatic rings. The van der Waals surface area contributed by atoms with Crippen LogP contribution in [-0.2, 0) is 10.2 Å². The fourth-order valence-corrected chi connectivity index (χ4v) is 2.34. The third kappa shape index (κ3) is 2.62. The average molecular weight is 259 g/mol.